The van der Waals surface area contributed by atoms with Gasteiger partial charge in [-0.1, -0.05) is 83.3 Å². The van der Waals surface area contributed by atoms with Gasteiger partial charge in [0.15, 0.2) is 12.6 Å². The normalized spacial score (nSPS) is 34.9. The highest BCUT2D eigenvalue weighted by Gasteiger charge is 2.50. The molecule has 0 aromatic heterocycles. The van der Waals surface area contributed by atoms with Crippen molar-refractivity contribution in [1.82, 2.24) is 0 Å². The summed E-state index contributed by atoms with van der Waals surface area (Å²) in [5, 5.41) is 81.0. The Morgan fingerprint density at radius 3 is 1.81 bits per heavy atom. The fourth-order valence-corrected chi connectivity index (χ4v) is 5.30. The van der Waals surface area contributed by atoms with E-state index in [1.807, 2.05) is 6.08 Å². The molecule has 0 spiro atoms. The molecule has 2 aliphatic rings. The first kappa shape index (κ1) is 38.4. The number of nitrogens with two attached hydrogens (primary N) is 1. The monoisotopic (exact) mass is 623 g/mol. The first-order valence-electron chi connectivity index (χ1n) is 16.0. The summed E-state index contributed by atoms with van der Waals surface area (Å²) in [7, 11) is 0. The molecule has 13 heteroatoms. The quantitative estimate of drug-likeness (QED) is 0.0585. The van der Waals surface area contributed by atoms with Crippen LogP contribution in [0.4, 0.5) is 0 Å². The van der Waals surface area contributed by atoms with Gasteiger partial charge in [-0.3, -0.25) is 0 Å². The minimum absolute atomic E-state index is 0.227. The number of rotatable bonds is 21. The second kappa shape index (κ2) is 21.1. The minimum Gasteiger partial charge on any atom is -0.394 e. The summed E-state index contributed by atoms with van der Waals surface area (Å²) in [6.45, 7) is 0.641. The zero-order chi connectivity index (χ0) is 31.8. The van der Waals surface area contributed by atoms with E-state index in [0.29, 0.717) is 0 Å². The number of unbranched alkanes of at least 4 members (excludes halogenated alkanes) is 11. The average molecular weight is 624 g/mol. The Labute approximate surface area is 255 Å². The summed E-state index contributed by atoms with van der Waals surface area (Å²) in [6.07, 6.45) is 1.80. The van der Waals surface area contributed by atoms with Gasteiger partial charge in [0.1, 0.15) is 48.8 Å². The summed E-state index contributed by atoms with van der Waals surface area (Å²) < 4.78 is 21.9. The zero-order valence-corrected chi connectivity index (χ0v) is 25.5. The van der Waals surface area contributed by atoms with Crippen molar-refractivity contribution in [2.24, 2.45) is 5.73 Å². The van der Waals surface area contributed by atoms with Crippen LogP contribution in [0.25, 0.3) is 0 Å². The lowest BCUT2D eigenvalue weighted by Crippen LogP contribution is -2.64. The predicted octanol–water partition coefficient (Wildman–Crippen LogP) is -0.427. The maximum Gasteiger partial charge on any atom is 0.187 e. The molecule has 0 aliphatic carbocycles. The second-order valence-corrected chi connectivity index (χ2v) is 11.7. The Bertz CT molecular complexity index is 744. The van der Waals surface area contributed by atoms with E-state index in [-0.39, 0.29) is 6.61 Å². The second-order valence-electron chi connectivity index (χ2n) is 11.7. The lowest BCUT2D eigenvalue weighted by Gasteiger charge is -2.46. The molecule has 13 nitrogen and oxygen atoms in total. The molecule has 12 atom stereocenters. The number of hydrogen-bond donors (Lipinski definition) is 9. The van der Waals surface area contributed by atoms with Gasteiger partial charge in [-0.05, 0) is 12.8 Å². The van der Waals surface area contributed by atoms with E-state index < -0.39 is 86.8 Å². The Morgan fingerprint density at radius 1 is 0.698 bits per heavy atom. The molecule has 0 bridgehead atoms. The van der Waals surface area contributed by atoms with Gasteiger partial charge in [0.2, 0.25) is 0 Å². The Kier molecular flexibility index (Phi) is 18.8. The maximum absolute atomic E-state index is 10.7. The molecule has 0 aromatic rings. The van der Waals surface area contributed by atoms with Gasteiger partial charge in [-0.2, -0.15) is 0 Å². The van der Waals surface area contributed by atoms with E-state index in [1.165, 1.54) is 57.8 Å². The lowest BCUT2D eigenvalue weighted by atomic mass is 9.97. The molecule has 10 N–H and O–H groups in total. The molecule has 254 valence electrons. The maximum atomic E-state index is 10.7. The van der Waals surface area contributed by atoms with Crippen molar-refractivity contribution < 1.29 is 59.8 Å². The summed E-state index contributed by atoms with van der Waals surface area (Å²) in [4.78, 5) is 0. The molecule has 2 heterocycles. The van der Waals surface area contributed by atoms with Crippen LogP contribution in [0.1, 0.15) is 84.0 Å². The third-order valence-electron chi connectivity index (χ3n) is 8.16. The van der Waals surface area contributed by atoms with Gasteiger partial charge in [0.05, 0.1) is 32.0 Å². The molecule has 1 unspecified atom stereocenters. The first-order valence-corrected chi connectivity index (χ1v) is 16.0. The predicted molar refractivity (Wildman–Crippen MR) is 157 cm³/mol. The lowest BCUT2D eigenvalue weighted by molar-refractivity contribution is -0.359. The van der Waals surface area contributed by atoms with Gasteiger partial charge in [-0.15, -0.1) is 0 Å². The average Bonchev–Trinajstić information content (AvgIpc) is 3.01. The third-order valence-corrected chi connectivity index (χ3v) is 8.16. The Hall–Kier alpha value is -0.780. The first-order chi connectivity index (χ1) is 20.7. The molecule has 0 radical (unpaired) electrons. The van der Waals surface area contributed by atoms with Crippen molar-refractivity contribution in [2.45, 2.75) is 158 Å². The van der Waals surface area contributed by atoms with Crippen LogP contribution >= 0.6 is 0 Å². The summed E-state index contributed by atoms with van der Waals surface area (Å²) in [5.74, 6) is 0. The highest BCUT2D eigenvalue weighted by Crippen LogP contribution is 2.29. The summed E-state index contributed by atoms with van der Waals surface area (Å²) in [5.41, 5.74) is 6.04. The molecule has 43 heavy (non-hydrogen) atoms. The minimum atomic E-state index is -1.75. The van der Waals surface area contributed by atoms with Crippen LogP contribution in [0.3, 0.4) is 0 Å². The molecule has 2 rings (SSSR count). The van der Waals surface area contributed by atoms with Crippen molar-refractivity contribution in [3.05, 3.63) is 12.2 Å². The number of ether oxygens (including phenoxy) is 4. The van der Waals surface area contributed by atoms with Crippen molar-refractivity contribution >= 4 is 0 Å². The number of aliphatic hydroxyl groups is 8. The number of allylic oxidation sites excluding steroid dienone is 1. The SMILES string of the molecule is CCCCCCCCCCCCC/C=C/[C@@H](O)C(N)CO[C@H]1O[C@H](CO)[C@@H](O[C@@H]2O[C@H](CO)[C@H](O)[C@H](O)[C@H]2O)[C@H](O)[C@@H]1O. The van der Waals surface area contributed by atoms with Gasteiger partial charge in [0, 0.05) is 0 Å². The molecule has 0 amide bonds. The Balaban J connectivity index is 1.70. The van der Waals surface area contributed by atoms with Crippen LogP contribution < -0.4 is 5.73 Å². The largest absolute Gasteiger partial charge is 0.394 e. The molecular formula is C30H57NO12. The van der Waals surface area contributed by atoms with Crippen LogP contribution in [0.2, 0.25) is 0 Å². The molecule has 0 saturated carbocycles. The van der Waals surface area contributed by atoms with Crippen molar-refractivity contribution in [3.8, 4) is 0 Å². The van der Waals surface area contributed by atoms with Gasteiger partial charge in [0.25, 0.3) is 0 Å². The topological polar surface area (TPSA) is 225 Å². The van der Waals surface area contributed by atoms with Crippen LogP contribution in [0.5, 0.6) is 0 Å². The third kappa shape index (κ3) is 12.5. The fraction of sp³-hybridized carbons (Fsp3) is 0.933. The van der Waals surface area contributed by atoms with E-state index in [4.69, 9.17) is 24.7 Å². The molecule has 2 fully saturated rings. The van der Waals surface area contributed by atoms with E-state index in [1.54, 1.807) is 6.08 Å². The van der Waals surface area contributed by atoms with Gasteiger partial charge < -0.3 is 65.5 Å². The summed E-state index contributed by atoms with van der Waals surface area (Å²) in [6, 6.07) is -0.850. The van der Waals surface area contributed by atoms with Crippen molar-refractivity contribution in [1.29, 1.82) is 0 Å². The van der Waals surface area contributed by atoms with E-state index >= 15 is 0 Å². The Morgan fingerprint density at radius 2 is 1.23 bits per heavy atom. The molecular weight excluding hydrogens is 566 g/mol. The van der Waals surface area contributed by atoms with Crippen LogP contribution in [0, 0.1) is 0 Å². The van der Waals surface area contributed by atoms with Crippen molar-refractivity contribution in [2.75, 3.05) is 19.8 Å². The highest BCUT2D eigenvalue weighted by atomic mass is 16.7. The van der Waals surface area contributed by atoms with Crippen LogP contribution in [0.15, 0.2) is 12.2 Å². The van der Waals surface area contributed by atoms with Crippen LogP contribution in [-0.2, 0) is 18.9 Å². The molecule has 0 aromatic carbocycles. The highest BCUT2D eigenvalue weighted by molar-refractivity contribution is 4.96. The fourth-order valence-electron chi connectivity index (χ4n) is 5.30. The van der Waals surface area contributed by atoms with Gasteiger partial charge >= 0.3 is 0 Å². The number of aliphatic hydroxyl groups excluding tert-OH is 8. The van der Waals surface area contributed by atoms with Crippen LogP contribution in [-0.4, -0.2) is 134 Å². The summed E-state index contributed by atoms with van der Waals surface area (Å²) >= 11 is 0. The van der Waals surface area contributed by atoms with E-state index in [9.17, 15) is 40.9 Å². The van der Waals surface area contributed by atoms with Gasteiger partial charge in [-0.25, -0.2) is 0 Å². The van der Waals surface area contributed by atoms with Crippen molar-refractivity contribution in [3.63, 3.8) is 0 Å². The van der Waals surface area contributed by atoms with E-state index in [2.05, 4.69) is 6.92 Å². The zero-order valence-electron chi connectivity index (χ0n) is 25.5. The smallest absolute Gasteiger partial charge is 0.187 e. The molecule has 2 saturated heterocycles. The number of hydrogen-bond acceptors (Lipinski definition) is 13. The standard InChI is InChI=1S/C30H57NO12/c1-2-3-4-5-6-7-8-9-10-11-12-13-14-15-20(34)19(31)18-40-29-27(39)25(37)28(22(17-33)42-29)43-30-26(38)24(36)23(35)21(16-32)41-30/h14-15,19-30,32-39H,2-13,16-18,31H2,1H3/b15-14+/t19?,20-,21-,22-,23+,24+,25-,26-,27+,28-,29+,30+/m1/s1. The van der Waals surface area contributed by atoms with E-state index in [0.717, 1.165) is 19.3 Å². The molecule has 2 aliphatic heterocycles.